The molecule has 2 saturated carbocycles. The van der Waals surface area contributed by atoms with Crippen LogP contribution in [0, 0.1) is 23.2 Å². The summed E-state index contributed by atoms with van der Waals surface area (Å²) >= 11 is 4.64. The Morgan fingerprint density at radius 2 is 1.78 bits per heavy atom. The van der Waals surface area contributed by atoms with Crippen molar-refractivity contribution in [3.05, 3.63) is 67.8 Å². The number of alkyl halides is 1. The summed E-state index contributed by atoms with van der Waals surface area (Å²) < 4.78 is 0. The van der Waals surface area contributed by atoms with Gasteiger partial charge < -0.3 is 11.1 Å². The van der Waals surface area contributed by atoms with Gasteiger partial charge in [-0.05, 0) is 86.1 Å². The van der Waals surface area contributed by atoms with Crippen LogP contribution in [0.15, 0.2) is 67.8 Å². The highest BCUT2D eigenvalue weighted by Gasteiger charge is 2.44. The summed E-state index contributed by atoms with van der Waals surface area (Å²) in [4.78, 5) is 7.62. The number of anilines is 1. The lowest BCUT2D eigenvalue weighted by Gasteiger charge is -2.31. The first kappa shape index (κ1) is 35.1. The third kappa shape index (κ3) is 14.0. The van der Waals surface area contributed by atoms with Crippen molar-refractivity contribution in [2.45, 2.75) is 91.9 Å². The lowest BCUT2D eigenvalue weighted by molar-refractivity contribution is 0.348. The van der Waals surface area contributed by atoms with Gasteiger partial charge in [-0.1, -0.05) is 84.3 Å². The molecule has 210 valence electrons. The van der Waals surface area contributed by atoms with Crippen LogP contribution in [0.5, 0.6) is 0 Å². The zero-order valence-electron chi connectivity index (χ0n) is 24.4. The maximum Gasteiger partial charge on any atom is 0.133 e. The van der Waals surface area contributed by atoms with Crippen molar-refractivity contribution >= 4 is 17.4 Å². The monoisotopic (exact) mass is 530 g/mol. The Bertz CT molecular complexity index is 751. The highest BCUT2D eigenvalue weighted by molar-refractivity contribution is 6.15. The van der Waals surface area contributed by atoms with Crippen molar-refractivity contribution in [1.29, 1.82) is 0 Å². The predicted molar refractivity (Wildman–Crippen MR) is 166 cm³/mol. The molecular formula is C32H55ClN4. The largest absolute Gasteiger partial charge is 0.347 e. The average molecular weight is 531 g/mol. The van der Waals surface area contributed by atoms with E-state index in [4.69, 9.17) is 5.73 Å². The second kappa shape index (κ2) is 22.1. The molecule has 3 aliphatic rings. The van der Waals surface area contributed by atoms with Crippen molar-refractivity contribution in [3.8, 4) is 0 Å². The van der Waals surface area contributed by atoms with Crippen LogP contribution in [-0.4, -0.2) is 22.9 Å². The van der Waals surface area contributed by atoms with Crippen LogP contribution in [0.3, 0.4) is 0 Å². The summed E-state index contributed by atoms with van der Waals surface area (Å²) in [6.07, 6.45) is 28.9. The lowest BCUT2D eigenvalue weighted by atomic mass is 9.74. The molecule has 1 aromatic heterocycles. The van der Waals surface area contributed by atoms with Crippen LogP contribution in [0.1, 0.15) is 91.9 Å². The molecule has 5 heteroatoms. The molecule has 1 heterocycles. The zero-order chi connectivity index (χ0) is 27.9. The van der Waals surface area contributed by atoms with Gasteiger partial charge in [0.25, 0.3) is 0 Å². The second-order valence-electron chi connectivity index (χ2n) is 9.85. The third-order valence-corrected chi connectivity index (χ3v) is 7.43. The molecule has 0 spiro atoms. The highest BCUT2D eigenvalue weighted by Crippen LogP contribution is 2.50. The molecule has 0 aromatic carbocycles. The maximum atomic E-state index is 5.46. The number of nitrogens with zero attached hydrogens (tertiary/aromatic N) is 2. The van der Waals surface area contributed by atoms with E-state index in [9.17, 15) is 0 Å². The van der Waals surface area contributed by atoms with Gasteiger partial charge in [-0.3, -0.25) is 0 Å². The fraction of sp³-hybridized carbons (Fsp3) is 0.625. The fourth-order valence-electron chi connectivity index (χ4n) is 5.23. The minimum absolute atomic E-state index is 0.507. The van der Waals surface area contributed by atoms with E-state index in [0.29, 0.717) is 5.41 Å². The Labute approximate surface area is 234 Å². The number of nitrogens with one attached hydrogen (secondary N) is 1. The van der Waals surface area contributed by atoms with Crippen molar-refractivity contribution in [3.63, 3.8) is 0 Å². The molecule has 37 heavy (non-hydrogen) atoms. The van der Waals surface area contributed by atoms with Gasteiger partial charge in [-0.15, -0.1) is 18.2 Å². The van der Waals surface area contributed by atoms with E-state index >= 15 is 0 Å². The zero-order valence-corrected chi connectivity index (χ0v) is 25.1. The van der Waals surface area contributed by atoms with Crippen LogP contribution < -0.4 is 11.1 Å². The maximum absolute atomic E-state index is 5.46. The lowest BCUT2D eigenvalue weighted by Crippen LogP contribution is -2.18. The topological polar surface area (TPSA) is 63.8 Å². The Morgan fingerprint density at radius 1 is 1.11 bits per heavy atom. The van der Waals surface area contributed by atoms with E-state index < -0.39 is 0 Å². The summed E-state index contributed by atoms with van der Waals surface area (Å²) in [7, 11) is 0. The molecule has 3 aliphatic carbocycles. The van der Waals surface area contributed by atoms with Gasteiger partial charge in [-0.25, -0.2) is 9.97 Å². The summed E-state index contributed by atoms with van der Waals surface area (Å²) in [6.45, 7) is 16.9. The molecule has 4 nitrogen and oxygen atoms in total. The van der Waals surface area contributed by atoms with E-state index in [2.05, 4.69) is 72.1 Å². The average Bonchev–Trinajstić information content (AvgIpc) is 3.63. The van der Waals surface area contributed by atoms with Crippen LogP contribution in [-0.2, 0) is 0 Å². The second-order valence-corrected chi connectivity index (χ2v) is 9.85. The van der Waals surface area contributed by atoms with Crippen LogP contribution >= 0.6 is 11.6 Å². The Morgan fingerprint density at radius 3 is 2.27 bits per heavy atom. The molecule has 1 aromatic rings. The van der Waals surface area contributed by atoms with Crippen molar-refractivity contribution in [2.75, 3.05) is 18.2 Å². The summed E-state index contributed by atoms with van der Waals surface area (Å²) in [6, 6.07) is 1.77. The Balaban J connectivity index is 0.000000504. The molecule has 0 bridgehead atoms. The molecule has 4 rings (SSSR count). The number of rotatable bonds is 7. The van der Waals surface area contributed by atoms with Crippen molar-refractivity contribution in [2.24, 2.45) is 28.9 Å². The Kier molecular flexibility index (Phi) is 21.0. The summed E-state index contributed by atoms with van der Waals surface area (Å²) in [5.41, 5.74) is 7.60. The van der Waals surface area contributed by atoms with E-state index in [-0.39, 0.29) is 0 Å². The van der Waals surface area contributed by atoms with Gasteiger partial charge in [0.15, 0.2) is 0 Å². The van der Waals surface area contributed by atoms with Gasteiger partial charge in [0.2, 0.25) is 0 Å². The van der Waals surface area contributed by atoms with Gasteiger partial charge in [0.1, 0.15) is 12.1 Å². The first-order valence-corrected chi connectivity index (χ1v) is 15.0. The number of aromatic nitrogens is 2. The smallest absolute Gasteiger partial charge is 0.133 e. The molecule has 3 N–H and O–H groups in total. The molecular weight excluding hydrogens is 476 g/mol. The molecule has 0 amide bonds. The normalized spacial score (nSPS) is 22.7. The minimum atomic E-state index is 0.507. The molecule has 0 radical (unpaired) electrons. The first-order valence-electron chi connectivity index (χ1n) is 14.2. The number of hydrogen-bond acceptors (Lipinski definition) is 4. The molecule has 3 unspecified atom stereocenters. The van der Waals surface area contributed by atoms with Gasteiger partial charge in [0.05, 0.1) is 0 Å². The van der Waals surface area contributed by atoms with Crippen LogP contribution in [0.2, 0.25) is 0 Å². The van der Waals surface area contributed by atoms with E-state index in [1.54, 1.807) is 24.0 Å². The number of halogens is 1. The van der Waals surface area contributed by atoms with Crippen molar-refractivity contribution in [1.82, 2.24) is 9.97 Å². The van der Waals surface area contributed by atoms with Crippen molar-refractivity contribution < 1.29 is 0 Å². The third-order valence-electron chi connectivity index (χ3n) is 7.43. The molecule has 0 aliphatic heterocycles. The van der Waals surface area contributed by atoms with Gasteiger partial charge in [-0.2, -0.15) is 0 Å². The molecule has 0 saturated heterocycles. The number of hydrogen-bond donors (Lipinski definition) is 2. The van der Waals surface area contributed by atoms with Gasteiger partial charge >= 0.3 is 0 Å². The van der Waals surface area contributed by atoms with Crippen LogP contribution in [0.25, 0.3) is 0 Å². The van der Waals surface area contributed by atoms with E-state index in [1.165, 1.54) is 76.9 Å². The minimum Gasteiger partial charge on any atom is -0.347 e. The SMILES string of the molecule is C=CCC1C(C)C1CCN.C=CNc1ccncn1.CC.CC1(C2=CCCC=C2)CCCCCC1.CCl. The highest BCUT2D eigenvalue weighted by atomic mass is 35.5. The van der Waals surface area contributed by atoms with Gasteiger partial charge in [0, 0.05) is 12.6 Å². The number of allylic oxidation sites excluding steroid dienone is 5. The molecule has 2 fully saturated rings. The van der Waals surface area contributed by atoms with E-state index in [0.717, 1.165) is 30.1 Å². The first-order chi connectivity index (χ1) is 18.1. The van der Waals surface area contributed by atoms with Crippen LogP contribution in [0.4, 0.5) is 5.82 Å². The summed E-state index contributed by atoms with van der Waals surface area (Å²) in [5, 5.41) is 2.82. The summed E-state index contributed by atoms with van der Waals surface area (Å²) in [5.74, 6) is 3.48. The van der Waals surface area contributed by atoms with E-state index in [1.807, 2.05) is 19.9 Å². The Hall–Kier alpha value is -1.91. The number of nitrogens with two attached hydrogens (primary N) is 1. The molecule has 3 atom stereocenters. The fourth-order valence-corrected chi connectivity index (χ4v) is 5.23. The standard InChI is InChI=1S/C14H22.C9H17N.C6H7N3.C2H6.CH3Cl/c1-14(11-7-2-3-8-12-14)13-9-5-4-6-10-13;1-3-4-8-7(2)9(8)5-6-10;1-2-8-6-3-4-7-5-9-6;2*1-2/h5,9-10H,2-4,6-8,11-12H2,1H3;3,7-9H,1,4-6,10H2,2H3;2-5H,1H2,(H,7,8,9);1-2H3;1H3. The predicted octanol–water partition coefficient (Wildman–Crippen LogP) is 9.33. The quantitative estimate of drug-likeness (QED) is 0.209.